The van der Waals surface area contributed by atoms with E-state index in [0.29, 0.717) is 24.8 Å². The van der Waals surface area contributed by atoms with E-state index < -0.39 is 17.9 Å². The molecule has 1 heterocycles. The first-order valence-corrected chi connectivity index (χ1v) is 10.7. The molecule has 33 heavy (non-hydrogen) atoms. The van der Waals surface area contributed by atoms with Gasteiger partial charge in [-0.05, 0) is 24.1 Å². The fourth-order valence-electron chi connectivity index (χ4n) is 2.67. The third kappa shape index (κ3) is 8.27. The Kier molecular flexibility index (Phi) is 9.85. The van der Waals surface area contributed by atoms with Crippen LogP contribution < -0.4 is 11.1 Å². The van der Waals surface area contributed by atoms with Crippen LogP contribution in [-0.2, 0) is 30.4 Å². The number of nitrogens with zero attached hydrogens (tertiary/aromatic N) is 2. The molecule has 0 aliphatic carbocycles. The minimum absolute atomic E-state index is 0.0490. The second kappa shape index (κ2) is 12.8. The van der Waals surface area contributed by atoms with Gasteiger partial charge in [-0.25, -0.2) is 9.78 Å². The number of rotatable bonds is 10. The van der Waals surface area contributed by atoms with E-state index in [-0.39, 0.29) is 28.9 Å². The fourth-order valence-corrected chi connectivity index (χ4v) is 3.21. The average Bonchev–Trinajstić information content (AvgIpc) is 3.23. The first-order valence-electron chi connectivity index (χ1n) is 9.84. The summed E-state index contributed by atoms with van der Waals surface area (Å²) in [4.78, 5) is 44.1. The summed E-state index contributed by atoms with van der Waals surface area (Å²) in [5.74, 6) is 3.75. The number of nitrogens with one attached hydrogen (secondary N) is 1. The Morgan fingerprint density at radius 3 is 2.58 bits per heavy atom. The highest BCUT2D eigenvalue weighted by Crippen LogP contribution is 2.13. The third-order valence-electron chi connectivity index (χ3n) is 4.30. The summed E-state index contributed by atoms with van der Waals surface area (Å²) in [5, 5.41) is 17.4. The van der Waals surface area contributed by atoms with Crippen LogP contribution in [0.5, 0.6) is 0 Å². The number of thiazole rings is 1. The number of ether oxygens (including phenoxy) is 1. The Labute approximate surface area is 194 Å². The molecule has 11 heteroatoms. The molecule has 1 aromatic carbocycles. The van der Waals surface area contributed by atoms with E-state index in [1.165, 1.54) is 19.6 Å². The molecule has 0 saturated carbocycles. The molecule has 1 amide bonds. The number of aromatic nitrogens is 1. The molecule has 2 aromatic rings. The number of carboxylic acid groups (broad SMARTS) is 1. The molecular weight excluding hydrogens is 448 g/mol. The number of amides is 1. The van der Waals surface area contributed by atoms with Gasteiger partial charge >= 0.3 is 11.9 Å². The molecule has 1 aromatic heterocycles. The second-order valence-corrected chi connectivity index (χ2v) is 7.58. The lowest BCUT2D eigenvalue weighted by Gasteiger charge is -2.15. The van der Waals surface area contributed by atoms with E-state index in [1.54, 1.807) is 24.3 Å². The Bertz CT molecular complexity index is 1070. The van der Waals surface area contributed by atoms with E-state index >= 15 is 0 Å². The molecule has 0 aliphatic heterocycles. The van der Waals surface area contributed by atoms with Crippen molar-refractivity contribution in [3.05, 3.63) is 46.5 Å². The maximum absolute atomic E-state index is 12.6. The largest absolute Gasteiger partial charge is 0.480 e. The highest BCUT2D eigenvalue weighted by Gasteiger charge is 2.25. The molecule has 174 valence electrons. The summed E-state index contributed by atoms with van der Waals surface area (Å²) in [6.45, 7) is 0. The van der Waals surface area contributed by atoms with E-state index in [0.717, 1.165) is 16.9 Å². The average molecular weight is 473 g/mol. The molecule has 10 nitrogen and oxygen atoms in total. The van der Waals surface area contributed by atoms with Crippen LogP contribution in [0.1, 0.15) is 36.1 Å². The number of nitrogens with two attached hydrogens (primary N) is 1. The first kappa shape index (κ1) is 25.4. The van der Waals surface area contributed by atoms with Gasteiger partial charge in [0.15, 0.2) is 10.8 Å². The maximum atomic E-state index is 12.6. The predicted octanol–water partition coefficient (Wildman–Crippen LogP) is 1.58. The minimum Gasteiger partial charge on any atom is -0.480 e. The van der Waals surface area contributed by atoms with Crippen molar-refractivity contribution in [2.75, 3.05) is 20.0 Å². The van der Waals surface area contributed by atoms with Gasteiger partial charge in [0.25, 0.3) is 5.91 Å². The van der Waals surface area contributed by atoms with Crippen molar-refractivity contribution in [3.63, 3.8) is 0 Å². The molecule has 0 spiro atoms. The summed E-state index contributed by atoms with van der Waals surface area (Å²) >= 11 is 1.12. The Balaban J connectivity index is 2.00. The van der Waals surface area contributed by atoms with Gasteiger partial charge in [0.1, 0.15) is 18.8 Å². The van der Waals surface area contributed by atoms with Gasteiger partial charge in [0, 0.05) is 30.2 Å². The first-order chi connectivity index (χ1) is 15.8. The smallest absolute Gasteiger partial charge is 0.326 e. The molecular formula is C22H24N4O6S. The number of hydrogen-bond donors (Lipinski definition) is 3. The van der Waals surface area contributed by atoms with Crippen molar-refractivity contribution < 1.29 is 29.1 Å². The third-order valence-corrected chi connectivity index (χ3v) is 4.98. The van der Waals surface area contributed by atoms with Gasteiger partial charge in [-0.15, -0.1) is 11.3 Å². The van der Waals surface area contributed by atoms with E-state index in [2.05, 4.69) is 32.0 Å². The number of oxime groups is 1. The van der Waals surface area contributed by atoms with Crippen LogP contribution in [0.15, 0.2) is 34.8 Å². The molecule has 2 rings (SSSR count). The number of hydrogen-bond acceptors (Lipinski definition) is 9. The van der Waals surface area contributed by atoms with E-state index in [1.807, 2.05) is 0 Å². The quantitative estimate of drug-likeness (QED) is 0.155. The molecule has 0 fully saturated rings. The van der Waals surface area contributed by atoms with Gasteiger partial charge in [-0.3, -0.25) is 9.59 Å². The van der Waals surface area contributed by atoms with Crippen LogP contribution >= 0.6 is 11.3 Å². The lowest BCUT2D eigenvalue weighted by molar-refractivity contribution is -0.141. The molecule has 0 radical (unpaired) electrons. The minimum atomic E-state index is -1.20. The summed E-state index contributed by atoms with van der Waals surface area (Å²) in [6, 6.07) is 5.81. The maximum Gasteiger partial charge on any atom is 0.326 e. The standard InChI is InChI=1S/C22H24N4O6S/c1-31-18(27)7-5-3-4-6-14-8-10-15(11-9-14)12-16(21(29)30)24-20(28)19(26-32-2)17-13-33-22(23)25-17/h8-11,13,16H,3,5,7,12H2,1-2H3,(H2,23,25)(H,24,28)(H,29,30)/b26-19-/t16-/m0/s1. The topological polar surface area (TPSA) is 153 Å². The summed E-state index contributed by atoms with van der Waals surface area (Å²) in [7, 11) is 2.61. The highest BCUT2D eigenvalue weighted by molar-refractivity contribution is 7.13. The Morgan fingerprint density at radius 2 is 2.00 bits per heavy atom. The lowest BCUT2D eigenvalue weighted by atomic mass is 10.0. The zero-order valence-corrected chi connectivity index (χ0v) is 19.0. The molecule has 0 saturated heterocycles. The van der Waals surface area contributed by atoms with Crippen molar-refractivity contribution in [2.45, 2.75) is 31.7 Å². The Morgan fingerprint density at radius 1 is 1.27 bits per heavy atom. The number of nitrogen functional groups attached to an aromatic ring is 1. The number of carbonyl (C=O) groups is 3. The normalized spacial score (nSPS) is 11.6. The van der Waals surface area contributed by atoms with Gasteiger partial charge in [-0.1, -0.05) is 29.1 Å². The zero-order valence-electron chi connectivity index (χ0n) is 18.2. The van der Waals surface area contributed by atoms with Crippen molar-refractivity contribution in [1.29, 1.82) is 0 Å². The number of unbranched alkanes of at least 4 members (excludes halogenated alkanes) is 1. The summed E-state index contributed by atoms with van der Waals surface area (Å²) < 4.78 is 4.57. The van der Waals surface area contributed by atoms with Crippen molar-refractivity contribution >= 4 is 40.0 Å². The lowest BCUT2D eigenvalue weighted by Crippen LogP contribution is -2.45. The molecule has 0 aliphatic rings. The van der Waals surface area contributed by atoms with Gasteiger partial charge in [-0.2, -0.15) is 0 Å². The van der Waals surface area contributed by atoms with Gasteiger partial charge in [0.2, 0.25) is 0 Å². The van der Waals surface area contributed by atoms with Crippen molar-refractivity contribution in [2.24, 2.45) is 5.16 Å². The molecule has 4 N–H and O–H groups in total. The second-order valence-electron chi connectivity index (χ2n) is 6.69. The van der Waals surface area contributed by atoms with E-state index in [9.17, 15) is 19.5 Å². The van der Waals surface area contributed by atoms with E-state index in [4.69, 9.17) is 10.6 Å². The Hall–Kier alpha value is -3.91. The number of methoxy groups -OCH3 is 1. The van der Waals surface area contributed by atoms with Crippen LogP contribution in [-0.4, -0.2) is 53.9 Å². The fraction of sp³-hybridized carbons (Fsp3) is 0.318. The van der Waals surface area contributed by atoms with Crippen LogP contribution in [0, 0.1) is 11.8 Å². The number of aliphatic carboxylic acids is 1. The van der Waals surface area contributed by atoms with Gasteiger partial charge in [0.05, 0.1) is 7.11 Å². The number of carbonyl (C=O) groups excluding carboxylic acids is 2. The van der Waals surface area contributed by atoms with Crippen LogP contribution in [0.25, 0.3) is 0 Å². The van der Waals surface area contributed by atoms with Crippen LogP contribution in [0.3, 0.4) is 0 Å². The van der Waals surface area contributed by atoms with Crippen LogP contribution in [0.4, 0.5) is 5.13 Å². The monoisotopic (exact) mass is 472 g/mol. The zero-order chi connectivity index (χ0) is 24.2. The molecule has 0 bridgehead atoms. The molecule has 1 atom stereocenters. The van der Waals surface area contributed by atoms with Crippen molar-refractivity contribution in [3.8, 4) is 11.8 Å². The number of esters is 1. The number of anilines is 1. The highest BCUT2D eigenvalue weighted by atomic mass is 32.1. The summed E-state index contributed by atoms with van der Waals surface area (Å²) in [6.07, 6.45) is 1.53. The number of benzene rings is 1. The summed E-state index contributed by atoms with van der Waals surface area (Å²) in [5.41, 5.74) is 7.07. The molecule has 0 unspecified atom stereocenters. The van der Waals surface area contributed by atoms with Gasteiger partial charge < -0.3 is 25.7 Å². The van der Waals surface area contributed by atoms with Crippen molar-refractivity contribution in [1.82, 2.24) is 10.3 Å². The number of carboxylic acids is 1. The van der Waals surface area contributed by atoms with Crippen LogP contribution in [0.2, 0.25) is 0 Å². The predicted molar refractivity (Wildman–Crippen MR) is 123 cm³/mol. The SMILES string of the molecule is CO/N=C(\C(=O)N[C@@H](Cc1ccc(C#CCCCC(=O)OC)cc1)C(=O)O)c1csc(N)n1.